The van der Waals surface area contributed by atoms with Crippen molar-refractivity contribution in [3.8, 4) is 0 Å². The van der Waals surface area contributed by atoms with E-state index in [1.807, 2.05) is 13.0 Å². The van der Waals surface area contributed by atoms with Crippen LogP contribution < -0.4 is 4.72 Å². The molecule has 1 aromatic rings. The molecule has 1 unspecified atom stereocenters. The Morgan fingerprint density at radius 2 is 2.29 bits per heavy atom. The van der Waals surface area contributed by atoms with Gasteiger partial charge in [-0.15, -0.1) is 0 Å². The topological polar surface area (TPSA) is 29.1 Å². The molecule has 1 fully saturated rings. The first-order valence-corrected chi connectivity index (χ1v) is 7.42. The van der Waals surface area contributed by atoms with E-state index in [1.54, 1.807) is 12.1 Å². The molecule has 1 saturated carbocycles. The second kappa shape index (κ2) is 5.74. The maximum atomic E-state index is 13.2. The highest BCUT2D eigenvalue weighted by Gasteiger charge is 2.33. The first-order chi connectivity index (χ1) is 8.20. The predicted molar refractivity (Wildman–Crippen MR) is 68.3 cm³/mol. The first-order valence-electron chi connectivity index (χ1n) is 6.10. The number of hydrogen-bond acceptors (Lipinski definition) is 1. The minimum atomic E-state index is -1.01. The third-order valence-corrected chi connectivity index (χ3v) is 4.25. The molecule has 0 aromatic heterocycles. The number of rotatable bonds is 6. The van der Waals surface area contributed by atoms with Gasteiger partial charge in [0.25, 0.3) is 0 Å². The lowest BCUT2D eigenvalue weighted by Crippen LogP contribution is -2.26. The van der Waals surface area contributed by atoms with E-state index in [2.05, 4.69) is 4.72 Å². The summed E-state index contributed by atoms with van der Waals surface area (Å²) >= 11 is 0. The van der Waals surface area contributed by atoms with Gasteiger partial charge in [-0.2, -0.15) is 0 Å². The van der Waals surface area contributed by atoms with E-state index in [1.165, 1.54) is 6.07 Å². The summed E-state index contributed by atoms with van der Waals surface area (Å²) in [7, 11) is -1.01. The molecule has 0 spiro atoms. The average Bonchev–Trinajstić information content (AvgIpc) is 3.10. The van der Waals surface area contributed by atoms with Crippen molar-refractivity contribution in [2.75, 3.05) is 5.75 Å². The summed E-state index contributed by atoms with van der Waals surface area (Å²) in [5, 5.41) is 0. The average molecular weight is 255 g/mol. The van der Waals surface area contributed by atoms with Gasteiger partial charge in [-0.1, -0.05) is 19.1 Å². The Morgan fingerprint density at radius 3 is 2.88 bits per heavy atom. The lowest BCUT2D eigenvalue weighted by atomic mass is 10.0. The second-order valence-corrected chi connectivity index (χ2v) is 5.87. The van der Waals surface area contributed by atoms with Gasteiger partial charge < -0.3 is 0 Å². The zero-order valence-electron chi connectivity index (χ0n) is 9.99. The molecule has 2 rings (SSSR count). The van der Waals surface area contributed by atoms with Crippen LogP contribution >= 0.6 is 0 Å². The molecule has 2 atom stereocenters. The Kier molecular flexibility index (Phi) is 4.29. The van der Waals surface area contributed by atoms with Crippen molar-refractivity contribution in [3.63, 3.8) is 0 Å². The molecule has 2 nitrogen and oxygen atoms in total. The van der Waals surface area contributed by atoms with Gasteiger partial charge >= 0.3 is 0 Å². The summed E-state index contributed by atoms with van der Waals surface area (Å²) in [5.74, 6) is 0.937. The third kappa shape index (κ3) is 3.61. The highest BCUT2D eigenvalue weighted by molar-refractivity contribution is 7.83. The van der Waals surface area contributed by atoms with Crippen LogP contribution in [0.1, 0.15) is 37.8 Å². The largest absolute Gasteiger partial charge is 0.243 e. The molecule has 1 aliphatic carbocycles. The van der Waals surface area contributed by atoms with Crippen molar-refractivity contribution in [1.82, 2.24) is 4.72 Å². The Bertz CT molecular complexity index is 406. The van der Waals surface area contributed by atoms with E-state index in [4.69, 9.17) is 0 Å². The summed E-state index contributed by atoms with van der Waals surface area (Å²) in [6, 6.07) is 6.64. The number of halogens is 1. The summed E-state index contributed by atoms with van der Waals surface area (Å²) < 4.78 is 28.1. The molecule has 4 heteroatoms. The van der Waals surface area contributed by atoms with Crippen molar-refractivity contribution in [2.24, 2.45) is 5.92 Å². The van der Waals surface area contributed by atoms with Gasteiger partial charge in [-0.25, -0.2) is 13.3 Å². The van der Waals surface area contributed by atoms with Gasteiger partial charge in [0.15, 0.2) is 0 Å². The molecule has 17 heavy (non-hydrogen) atoms. The third-order valence-electron chi connectivity index (χ3n) is 2.95. The number of benzene rings is 1. The van der Waals surface area contributed by atoms with Gasteiger partial charge in [0.2, 0.25) is 0 Å². The van der Waals surface area contributed by atoms with Crippen molar-refractivity contribution in [1.29, 1.82) is 0 Å². The van der Waals surface area contributed by atoms with Gasteiger partial charge in [0, 0.05) is 11.8 Å². The molecule has 0 heterocycles. The van der Waals surface area contributed by atoms with E-state index in [-0.39, 0.29) is 11.9 Å². The summed E-state index contributed by atoms with van der Waals surface area (Å²) in [6.07, 6.45) is 3.16. The van der Waals surface area contributed by atoms with Crippen LogP contribution in [0.25, 0.3) is 0 Å². The zero-order chi connectivity index (χ0) is 12.3. The molecular weight excluding hydrogens is 237 g/mol. The maximum absolute atomic E-state index is 13.2. The van der Waals surface area contributed by atoms with Gasteiger partial charge in [0.1, 0.15) is 5.82 Å². The Balaban J connectivity index is 2.09. The monoisotopic (exact) mass is 255 g/mol. The van der Waals surface area contributed by atoms with Crippen molar-refractivity contribution >= 4 is 11.0 Å². The highest BCUT2D eigenvalue weighted by atomic mass is 32.2. The van der Waals surface area contributed by atoms with E-state index in [0.29, 0.717) is 11.7 Å². The van der Waals surface area contributed by atoms with Crippen LogP contribution in [0.2, 0.25) is 0 Å². The second-order valence-electron chi connectivity index (χ2n) is 4.54. The lowest BCUT2D eigenvalue weighted by molar-refractivity contribution is 0.561. The fourth-order valence-corrected chi connectivity index (χ4v) is 3.05. The highest BCUT2D eigenvalue weighted by Crippen LogP contribution is 2.41. The van der Waals surface area contributed by atoms with Crippen LogP contribution in [0, 0.1) is 11.7 Å². The summed E-state index contributed by atoms with van der Waals surface area (Å²) in [4.78, 5) is 0. The molecule has 1 N–H and O–H groups in total. The predicted octanol–water partition coefficient (Wildman–Crippen LogP) is 2.94. The molecular formula is C13H18FNOS. The maximum Gasteiger partial charge on any atom is 0.123 e. The van der Waals surface area contributed by atoms with Crippen LogP contribution in [0.5, 0.6) is 0 Å². The quantitative estimate of drug-likeness (QED) is 0.832. The molecule has 94 valence electrons. The van der Waals surface area contributed by atoms with Gasteiger partial charge in [-0.3, -0.25) is 0 Å². The van der Waals surface area contributed by atoms with Gasteiger partial charge in [-0.05, 0) is 42.9 Å². The molecule has 0 radical (unpaired) electrons. The van der Waals surface area contributed by atoms with Crippen LogP contribution in [0.15, 0.2) is 24.3 Å². The smallest absolute Gasteiger partial charge is 0.123 e. The van der Waals surface area contributed by atoms with Crippen molar-refractivity contribution in [2.45, 2.75) is 32.2 Å². The fourth-order valence-electron chi connectivity index (χ4n) is 1.95. The standard InChI is InChI=1S/C13H18FNOS/c1-2-8-17(16)15-13(10-6-7-10)11-4-3-5-12(14)9-11/h3-5,9-10,13,15H,2,6-8H2,1H3/t13-,17?/m0/s1. The number of nitrogens with one attached hydrogen (secondary N) is 1. The molecule has 1 aliphatic rings. The van der Waals surface area contributed by atoms with Crippen LogP contribution in [0.3, 0.4) is 0 Å². The molecule has 0 saturated heterocycles. The molecule has 0 bridgehead atoms. The van der Waals surface area contributed by atoms with E-state index < -0.39 is 11.0 Å². The SMILES string of the molecule is CCCS(=O)N[C@H](c1cccc(F)c1)C1CC1. The van der Waals surface area contributed by atoms with Crippen molar-refractivity contribution in [3.05, 3.63) is 35.6 Å². The Hall–Kier alpha value is -0.740. The van der Waals surface area contributed by atoms with E-state index >= 15 is 0 Å². The van der Waals surface area contributed by atoms with E-state index in [0.717, 1.165) is 24.8 Å². The van der Waals surface area contributed by atoms with Gasteiger partial charge in [0.05, 0.1) is 11.0 Å². The fraction of sp³-hybridized carbons (Fsp3) is 0.538. The summed E-state index contributed by atoms with van der Waals surface area (Å²) in [5.41, 5.74) is 0.914. The normalized spacial score (nSPS) is 18.9. The van der Waals surface area contributed by atoms with Crippen molar-refractivity contribution < 1.29 is 8.60 Å². The zero-order valence-corrected chi connectivity index (χ0v) is 10.8. The van der Waals surface area contributed by atoms with Crippen LogP contribution in [-0.2, 0) is 11.0 Å². The summed E-state index contributed by atoms with van der Waals surface area (Å²) in [6.45, 7) is 2.01. The minimum Gasteiger partial charge on any atom is -0.243 e. The Morgan fingerprint density at radius 1 is 1.53 bits per heavy atom. The molecule has 1 aromatic carbocycles. The molecule has 0 aliphatic heterocycles. The lowest BCUT2D eigenvalue weighted by Gasteiger charge is -2.18. The molecule has 0 amide bonds. The van der Waals surface area contributed by atoms with E-state index in [9.17, 15) is 8.60 Å². The Labute approximate surface area is 104 Å². The van der Waals surface area contributed by atoms with Crippen LogP contribution in [0.4, 0.5) is 4.39 Å². The number of hydrogen-bond donors (Lipinski definition) is 1. The first kappa shape index (κ1) is 12.7. The van der Waals surface area contributed by atoms with Crippen LogP contribution in [-0.4, -0.2) is 9.96 Å². The minimum absolute atomic E-state index is 0.0399.